The van der Waals surface area contributed by atoms with Crippen LogP contribution >= 0.6 is 0 Å². The largest absolute Gasteiger partial charge is 0.303 e. The predicted molar refractivity (Wildman–Crippen MR) is 66.1 cm³/mol. The molecule has 0 saturated carbocycles. The standard InChI is InChI=1S/C13H27N.FH/c1-3-5-8-13-9-7-11-14(12-13)10-6-4-2;/h13H,3-12H2,1-2H3;1H. The minimum Gasteiger partial charge on any atom is -0.303 e. The van der Waals surface area contributed by atoms with Gasteiger partial charge in [0.15, 0.2) is 0 Å². The van der Waals surface area contributed by atoms with Gasteiger partial charge in [-0.3, -0.25) is 4.70 Å². The fraction of sp³-hybridized carbons (Fsp3) is 1.00. The predicted octanol–water partition coefficient (Wildman–Crippen LogP) is 3.84. The van der Waals surface area contributed by atoms with E-state index in [0.29, 0.717) is 0 Å². The van der Waals surface area contributed by atoms with E-state index in [9.17, 15) is 0 Å². The van der Waals surface area contributed by atoms with Crippen LogP contribution in [0.4, 0.5) is 4.70 Å². The minimum absolute atomic E-state index is 0. The summed E-state index contributed by atoms with van der Waals surface area (Å²) < 4.78 is 0. The molecule has 1 aliphatic rings. The molecule has 2 heteroatoms. The second kappa shape index (κ2) is 9.14. The van der Waals surface area contributed by atoms with Gasteiger partial charge in [-0.1, -0.05) is 33.1 Å². The Kier molecular flexibility index (Phi) is 9.07. The first-order valence-corrected chi connectivity index (χ1v) is 6.59. The monoisotopic (exact) mass is 217 g/mol. The topological polar surface area (TPSA) is 3.24 Å². The van der Waals surface area contributed by atoms with Crippen molar-refractivity contribution in [2.45, 2.75) is 58.8 Å². The minimum atomic E-state index is 0. The summed E-state index contributed by atoms with van der Waals surface area (Å²) in [5, 5.41) is 0. The first-order valence-electron chi connectivity index (χ1n) is 6.59. The maximum atomic E-state index is 2.69. The fourth-order valence-electron chi connectivity index (χ4n) is 2.46. The first-order chi connectivity index (χ1) is 6.86. The number of hydrogen-bond donors (Lipinski definition) is 0. The molecule has 15 heavy (non-hydrogen) atoms. The van der Waals surface area contributed by atoms with Gasteiger partial charge in [0, 0.05) is 6.54 Å². The van der Waals surface area contributed by atoms with E-state index >= 15 is 0 Å². The third kappa shape index (κ3) is 6.14. The lowest BCUT2D eigenvalue weighted by Gasteiger charge is -2.32. The summed E-state index contributed by atoms with van der Waals surface area (Å²) in [6, 6.07) is 0. The van der Waals surface area contributed by atoms with Crippen molar-refractivity contribution in [3.05, 3.63) is 0 Å². The van der Waals surface area contributed by atoms with E-state index in [0.717, 1.165) is 5.92 Å². The Morgan fingerprint density at radius 2 is 1.87 bits per heavy atom. The summed E-state index contributed by atoms with van der Waals surface area (Å²) in [5.74, 6) is 1.01. The molecule has 1 aliphatic heterocycles. The lowest BCUT2D eigenvalue weighted by molar-refractivity contribution is 0.165. The maximum absolute atomic E-state index is 2.69. The van der Waals surface area contributed by atoms with E-state index in [-0.39, 0.29) is 4.70 Å². The number of halogens is 1. The van der Waals surface area contributed by atoms with Gasteiger partial charge in [-0.25, -0.2) is 0 Å². The van der Waals surface area contributed by atoms with Gasteiger partial charge in [-0.05, 0) is 44.7 Å². The SMILES string of the molecule is CCCCC1CCCN(CCCC)C1.F. The van der Waals surface area contributed by atoms with Gasteiger partial charge in [-0.15, -0.1) is 0 Å². The molecule has 1 nitrogen and oxygen atoms in total. The molecule has 0 bridgehead atoms. The Morgan fingerprint density at radius 1 is 1.13 bits per heavy atom. The molecule has 1 heterocycles. The Hall–Kier alpha value is -0.110. The molecule has 0 aromatic heterocycles. The van der Waals surface area contributed by atoms with Crippen LogP contribution in [0.25, 0.3) is 0 Å². The molecule has 0 N–H and O–H groups in total. The zero-order chi connectivity index (χ0) is 10.2. The lowest BCUT2D eigenvalue weighted by Crippen LogP contribution is -2.35. The van der Waals surface area contributed by atoms with E-state index in [1.54, 1.807) is 0 Å². The van der Waals surface area contributed by atoms with E-state index in [4.69, 9.17) is 0 Å². The van der Waals surface area contributed by atoms with Crippen LogP contribution in [0.5, 0.6) is 0 Å². The Morgan fingerprint density at radius 3 is 2.53 bits per heavy atom. The van der Waals surface area contributed by atoms with Crippen LogP contribution in [-0.4, -0.2) is 24.5 Å². The fourth-order valence-corrected chi connectivity index (χ4v) is 2.46. The van der Waals surface area contributed by atoms with Crippen molar-refractivity contribution in [3.8, 4) is 0 Å². The Balaban J connectivity index is 0.00000196. The van der Waals surface area contributed by atoms with Crippen molar-refractivity contribution < 1.29 is 4.70 Å². The molecule has 1 unspecified atom stereocenters. The van der Waals surface area contributed by atoms with Gasteiger partial charge in [0.25, 0.3) is 0 Å². The molecule has 0 aromatic carbocycles. The molecular weight excluding hydrogens is 189 g/mol. The van der Waals surface area contributed by atoms with Crippen molar-refractivity contribution in [2.75, 3.05) is 19.6 Å². The summed E-state index contributed by atoms with van der Waals surface area (Å²) in [6.45, 7) is 8.69. The summed E-state index contributed by atoms with van der Waals surface area (Å²) in [6.07, 6.45) is 9.94. The zero-order valence-electron chi connectivity index (χ0n) is 10.5. The van der Waals surface area contributed by atoms with E-state index in [1.165, 1.54) is 64.6 Å². The summed E-state index contributed by atoms with van der Waals surface area (Å²) in [7, 11) is 0. The number of likely N-dealkylation sites (tertiary alicyclic amines) is 1. The van der Waals surface area contributed by atoms with Crippen molar-refractivity contribution in [1.82, 2.24) is 4.90 Å². The second-order valence-corrected chi connectivity index (χ2v) is 4.80. The molecule has 0 radical (unpaired) electrons. The smallest absolute Gasteiger partial charge is 0.000966 e. The number of nitrogens with zero attached hydrogens (tertiary/aromatic N) is 1. The van der Waals surface area contributed by atoms with Crippen molar-refractivity contribution in [1.29, 1.82) is 0 Å². The second-order valence-electron chi connectivity index (χ2n) is 4.80. The van der Waals surface area contributed by atoms with Crippen LogP contribution in [0, 0.1) is 5.92 Å². The van der Waals surface area contributed by atoms with Crippen LogP contribution in [0.3, 0.4) is 0 Å². The van der Waals surface area contributed by atoms with Crippen LogP contribution in [0.15, 0.2) is 0 Å². The summed E-state index contributed by atoms with van der Waals surface area (Å²) >= 11 is 0. The zero-order valence-corrected chi connectivity index (χ0v) is 10.5. The van der Waals surface area contributed by atoms with Gasteiger partial charge < -0.3 is 4.90 Å². The highest BCUT2D eigenvalue weighted by molar-refractivity contribution is 4.72. The molecule has 1 saturated heterocycles. The first kappa shape index (κ1) is 14.9. The van der Waals surface area contributed by atoms with Crippen molar-refractivity contribution in [3.63, 3.8) is 0 Å². The quantitative estimate of drug-likeness (QED) is 0.653. The number of piperidine rings is 1. The molecule has 0 amide bonds. The highest BCUT2D eigenvalue weighted by atomic mass is 19.0. The van der Waals surface area contributed by atoms with Gasteiger partial charge in [0.2, 0.25) is 0 Å². The number of unbranched alkanes of at least 4 members (excludes halogenated alkanes) is 2. The average Bonchev–Trinajstić information content (AvgIpc) is 2.24. The van der Waals surface area contributed by atoms with E-state index < -0.39 is 0 Å². The van der Waals surface area contributed by atoms with E-state index in [1.807, 2.05) is 0 Å². The molecule has 1 atom stereocenters. The third-order valence-electron chi connectivity index (χ3n) is 3.40. The summed E-state index contributed by atoms with van der Waals surface area (Å²) in [5.41, 5.74) is 0. The van der Waals surface area contributed by atoms with Crippen LogP contribution < -0.4 is 0 Å². The molecule has 92 valence electrons. The van der Waals surface area contributed by atoms with Gasteiger partial charge >= 0.3 is 0 Å². The Bertz CT molecular complexity index is 124. The third-order valence-corrected chi connectivity index (χ3v) is 3.40. The molecule has 1 fully saturated rings. The van der Waals surface area contributed by atoms with E-state index in [2.05, 4.69) is 18.7 Å². The van der Waals surface area contributed by atoms with Crippen LogP contribution in [0.2, 0.25) is 0 Å². The average molecular weight is 217 g/mol. The normalized spacial score (nSPS) is 22.4. The highest BCUT2D eigenvalue weighted by Gasteiger charge is 2.18. The van der Waals surface area contributed by atoms with Crippen LogP contribution in [0.1, 0.15) is 58.8 Å². The van der Waals surface area contributed by atoms with Crippen LogP contribution in [-0.2, 0) is 0 Å². The molecule has 0 aromatic rings. The summed E-state index contributed by atoms with van der Waals surface area (Å²) in [4.78, 5) is 2.69. The number of hydrogen-bond acceptors (Lipinski definition) is 1. The van der Waals surface area contributed by atoms with Gasteiger partial charge in [-0.2, -0.15) is 0 Å². The molecule has 1 rings (SSSR count). The van der Waals surface area contributed by atoms with Gasteiger partial charge in [0.1, 0.15) is 0 Å². The molecule has 0 spiro atoms. The van der Waals surface area contributed by atoms with Crippen molar-refractivity contribution >= 4 is 0 Å². The molecule has 0 aliphatic carbocycles. The maximum Gasteiger partial charge on any atom is 0.000966 e. The number of rotatable bonds is 6. The highest BCUT2D eigenvalue weighted by Crippen LogP contribution is 2.21. The van der Waals surface area contributed by atoms with Crippen molar-refractivity contribution in [2.24, 2.45) is 5.92 Å². The Labute approximate surface area is 94.6 Å². The van der Waals surface area contributed by atoms with Gasteiger partial charge in [0.05, 0.1) is 0 Å². The lowest BCUT2D eigenvalue weighted by atomic mass is 9.93. The molecular formula is C13H28FN.